The van der Waals surface area contributed by atoms with E-state index in [9.17, 15) is 8.42 Å². The molecule has 0 unspecified atom stereocenters. The van der Waals surface area contributed by atoms with Crippen molar-refractivity contribution >= 4 is 15.8 Å². The topological polar surface area (TPSA) is 72.2 Å². The van der Waals surface area contributed by atoms with E-state index in [0.717, 1.165) is 18.4 Å². The third-order valence-corrected chi connectivity index (χ3v) is 4.01. The van der Waals surface area contributed by atoms with Gasteiger partial charge in [0.2, 0.25) is 0 Å². The molecule has 0 radical (unpaired) electrons. The molecule has 1 N–H and O–H groups in total. The summed E-state index contributed by atoms with van der Waals surface area (Å²) in [7, 11) is -3.66. The van der Waals surface area contributed by atoms with Gasteiger partial charge in [0.15, 0.2) is 5.82 Å². The van der Waals surface area contributed by atoms with Gasteiger partial charge in [-0.25, -0.2) is 8.42 Å². The summed E-state index contributed by atoms with van der Waals surface area (Å²) in [5.41, 5.74) is 0.791. The molecule has 0 amide bonds. The molecular formula is C15H16N2O3S. The molecule has 2 aromatic rings. The van der Waals surface area contributed by atoms with Crippen molar-refractivity contribution in [3.63, 3.8) is 0 Å². The number of unbranched alkanes of at least 4 members (excludes halogenated alkanes) is 1. The molecule has 0 saturated heterocycles. The molecule has 0 atom stereocenters. The number of anilines is 1. The van der Waals surface area contributed by atoms with Crippen molar-refractivity contribution < 1.29 is 12.9 Å². The summed E-state index contributed by atoms with van der Waals surface area (Å²) >= 11 is 0. The van der Waals surface area contributed by atoms with E-state index in [1.807, 2.05) is 0 Å². The Labute approximate surface area is 124 Å². The van der Waals surface area contributed by atoms with E-state index in [1.165, 1.54) is 18.2 Å². The summed E-state index contributed by atoms with van der Waals surface area (Å²) in [6, 6.07) is 7.93. The zero-order valence-electron chi connectivity index (χ0n) is 11.9. The third kappa shape index (κ3) is 4.10. The lowest BCUT2D eigenvalue weighted by Gasteiger charge is -2.04. The van der Waals surface area contributed by atoms with Crippen LogP contribution in [0.1, 0.15) is 31.1 Å². The maximum Gasteiger partial charge on any atom is 0.263 e. The van der Waals surface area contributed by atoms with Crippen molar-refractivity contribution in [2.75, 3.05) is 4.72 Å². The molecule has 0 aliphatic rings. The fourth-order valence-electron chi connectivity index (χ4n) is 1.62. The summed E-state index contributed by atoms with van der Waals surface area (Å²) in [4.78, 5) is 0.157. The van der Waals surface area contributed by atoms with Crippen LogP contribution < -0.4 is 4.72 Å². The van der Waals surface area contributed by atoms with Crippen molar-refractivity contribution in [2.45, 2.75) is 31.6 Å². The molecule has 5 nitrogen and oxygen atoms in total. The van der Waals surface area contributed by atoms with Gasteiger partial charge in [0, 0.05) is 18.1 Å². The zero-order chi connectivity index (χ0) is 15.3. The first-order valence-electron chi connectivity index (χ1n) is 6.56. The Morgan fingerprint density at radius 3 is 2.57 bits per heavy atom. The Kier molecular flexibility index (Phi) is 4.66. The standard InChI is InChI=1S/C15H16N2O3S/c1-3-4-5-6-13-7-9-14(10-8-13)21(18,19)17-15-11-12(2)20-16-15/h7-11H,3-4H2,1-2H3,(H,16,17). The molecule has 0 bridgehead atoms. The lowest BCUT2D eigenvalue weighted by Crippen LogP contribution is -2.13. The van der Waals surface area contributed by atoms with Crippen LogP contribution in [0.15, 0.2) is 39.8 Å². The van der Waals surface area contributed by atoms with Crippen LogP contribution in [0.3, 0.4) is 0 Å². The summed E-state index contributed by atoms with van der Waals surface area (Å²) in [6.07, 6.45) is 1.83. The molecule has 0 spiro atoms. The average Bonchev–Trinajstić information content (AvgIpc) is 2.84. The van der Waals surface area contributed by atoms with Crippen LogP contribution in [0, 0.1) is 18.8 Å². The summed E-state index contributed by atoms with van der Waals surface area (Å²) in [5, 5.41) is 3.61. The maximum atomic E-state index is 12.2. The molecule has 0 saturated carbocycles. The highest BCUT2D eigenvalue weighted by molar-refractivity contribution is 7.92. The second-order valence-corrected chi connectivity index (χ2v) is 6.19. The van der Waals surface area contributed by atoms with E-state index in [2.05, 4.69) is 28.6 Å². The van der Waals surface area contributed by atoms with Gasteiger partial charge >= 0.3 is 0 Å². The third-order valence-electron chi connectivity index (χ3n) is 2.64. The minimum absolute atomic E-state index is 0.157. The lowest BCUT2D eigenvalue weighted by atomic mass is 10.2. The summed E-state index contributed by atoms with van der Waals surface area (Å²) < 4.78 is 31.5. The van der Waals surface area contributed by atoms with Gasteiger partial charge in [-0.15, -0.1) is 0 Å². The van der Waals surface area contributed by atoms with E-state index >= 15 is 0 Å². The molecule has 21 heavy (non-hydrogen) atoms. The van der Waals surface area contributed by atoms with Gasteiger partial charge in [-0.05, 0) is 37.6 Å². The first kappa shape index (κ1) is 15.1. The lowest BCUT2D eigenvalue weighted by molar-refractivity contribution is 0.400. The van der Waals surface area contributed by atoms with Crippen molar-refractivity contribution in [1.29, 1.82) is 0 Å². The molecular weight excluding hydrogens is 288 g/mol. The Morgan fingerprint density at radius 1 is 1.29 bits per heavy atom. The Morgan fingerprint density at radius 2 is 2.00 bits per heavy atom. The zero-order valence-corrected chi connectivity index (χ0v) is 12.7. The van der Waals surface area contributed by atoms with Gasteiger partial charge in [-0.3, -0.25) is 4.72 Å². The Bertz CT molecular complexity index is 765. The molecule has 0 aliphatic carbocycles. The molecule has 1 aromatic carbocycles. The van der Waals surface area contributed by atoms with Gasteiger partial charge in [-0.1, -0.05) is 23.9 Å². The molecule has 2 rings (SSSR count). The minimum Gasteiger partial charge on any atom is -0.360 e. The fourth-order valence-corrected chi connectivity index (χ4v) is 2.60. The Hall–Kier alpha value is -2.26. The van der Waals surface area contributed by atoms with E-state index in [0.29, 0.717) is 5.76 Å². The minimum atomic E-state index is -3.66. The van der Waals surface area contributed by atoms with Crippen molar-refractivity contribution in [2.24, 2.45) is 0 Å². The average molecular weight is 304 g/mol. The highest BCUT2D eigenvalue weighted by Gasteiger charge is 2.15. The molecule has 1 heterocycles. The number of aromatic nitrogens is 1. The highest BCUT2D eigenvalue weighted by Crippen LogP contribution is 2.16. The first-order valence-corrected chi connectivity index (χ1v) is 8.04. The summed E-state index contributed by atoms with van der Waals surface area (Å²) in [6.45, 7) is 3.75. The smallest absolute Gasteiger partial charge is 0.263 e. The normalized spacial score (nSPS) is 10.8. The number of benzene rings is 1. The molecule has 1 aromatic heterocycles. The second-order valence-electron chi connectivity index (χ2n) is 4.50. The van der Waals surface area contributed by atoms with Gasteiger partial charge in [0.25, 0.3) is 10.0 Å². The Balaban J connectivity index is 2.15. The first-order chi connectivity index (χ1) is 10.0. The van der Waals surface area contributed by atoms with Gasteiger partial charge in [-0.2, -0.15) is 0 Å². The number of hydrogen-bond donors (Lipinski definition) is 1. The number of rotatable bonds is 4. The SMILES string of the molecule is CCCC#Cc1ccc(S(=O)(=O)Nc2cc(C)on2)cc1. The largest absolute Gasteiger partial charge is 0.360 e. The molecule has 6 heteroatoms. The van der Waals surface area contributed by atoms with Crippen LogP contribution >= 0.6 is 0 Å². The van der Waals surface area contributed by atoms with Gasteiger partial charge < -0.3 is 4.52 Å². The van der Waals surface area contributed by atoms with Crippen LogP contribution in [-0.4, -0.2) is 13.6 Å². The van der Waals surface area contributed by atoms with Crippen LogP contribution in [0.5, 0.6) is 0 Å². The quantitative estimate of drug-likeness (QED) is 0.881. The molecule has 110 valence electrons. The van der Waals surface area contributed by atoms with Crippen molar-refractivity contribution in [1.82, 2.24) is 5.16 Å². The van der Waals surface area contributed by atoms with Gasteiger partial charge in [0.1, 0.15) is 5.76 Å². The number of nitrogens with one attached hydrogen (secondary N) is 1. The predicted octanol–water partition coefficient (Wildman–Crippen LogP) is 2.94. The predicted molar refractivity (Wildman–Crippen MR) is 80.3 cm³/mol. The van der Waals surface area contributed by atoms with Crippen molar-refractivity contribution in [3.05, 3.63) is 41.7 Å². The highest BCUT2D eigenvalue weighted by atomic mass is 32.2. The van der Waals surface area contributed by atoms with E-state index in [1.54, 1.807) is 19.1 Å². The van der Waals surface area contributed by atoms with Gasteiger partial charge in [0.05, 0.1) is 4.90 Å². The monoisotopic (exact) mass is 304 g/mol. The number of nitrogens with zero attached hydrogens (tertiary/aromatic N) is 1. The van der Waals surface area contributed by atoms with Crippen molar-refractivity contribution in [3.8, 4) is 11.8 Å². The van der Waals surface area contributed by atoms with Crippen LogP contribution in [0.4, 0.5) is 5.82 Å². The summed E-state index contributed by atoms with van der Waals surface area (Å²) in [5.74, 6) is 6.70. The fraction of sp³-hybridized carbons (Fsp3) is 0.267. The number of sulfonamides is 1. The van der Waals surface area contributed by atoms with E-state index < -0.39 is 10.0 Å². The number of aryl methyl sites for hydroxylation is 1. The molecule has 0 aliphatic heterocycles. The van der Waals surface area contributed by atoms with E-state index in [4.69, 9.17) is 4.52 Å². The van der Waals surface area contributed by atoms with E-state index in [-0.39, 0.29) is 10.7 Å². The second kappa shape index (κ2) is 6.46. The number of hydrogen-bond acceptors (Lipinski definition) is 4. The van der Waals surface area contributed by atoms with Crippen LogP contribution in [-0.2, 0) is 10.0 Å². The molecule has 0 fully saturated rings. The van der Waals surface area contributed by atoms with Crippen LogP contribution in [0.25, 0.3) is 0 Å². The van der Waals surface area contributed by atoms with Crippen LogP contribution in [0.2, 0.25) is 0 Å². The maximum absolute atomic E-state index is 12.2.